The van der Waals surface area contributed by atoms with Crippen molar-refractivity contribution in [3.05, 3.63) is 90.0 Å². The molecule has 3 aromatic carbocycles. The predicted molar refractivity (Wildman–Crippen MR) is 133 cm³/mol. The van der Waals surface area contributed by atoms with Crippen molar-refractivity contribution in [2.75, 3.05) is 41.1 Å². The lowest BCUT2D eigenvalue weighted by Crippen LogP contribution is -2.38. The van der Waals surface area contributed by atoms with Crippen LogP contribution < -0.4 is 14.8 Å². The van der Waals surface area contributed by atoms with Crippen molar-refractivity contribution in [3.63, 3.8) is 0 Å². The molecule has 0 radical (unpaired) electrons. The van der Waals surface area contributed by atoms with Gasteiger partial charge in [0.1, 0.15) is 0 Å². The molecule has 2 aliphatic rings. The van der Waals surface area contributed by atoms with E-state index in [1.54, 1.807) is 6.92 Å². The van der Waals surface area contributed by atoms with E-state index < -0.39 is 0 Å². The third-order valence-electron chi connectivity index (χ3n) is 6.12. The average Bonchev–Trinajstić information content (AvgIpc) is 3.27. The highest BCUT2D eigenvalue weighted by atomic mass is 16.5. The zero-order valence-electron chi connectivity index (χ0n) is 19.0. The number of carbonyl (C=O) groups excluding carboxylic acids is 1. The molecule has 0 spiro atoms. The molecule has 5 rings (SSSR count). The third-order valence-corrected chi connectivity index (χ3v) is 6.12. The summed E-state index contributed by atoms with van der Waals surface area (Å²) >= 11 is 0. The van der Waals surface area contributed by atoms with Gasteiger partial charge in [0.2, 0.25) is 0 Å². The van der Waals surface area contributed by atoms with Crippen LogP contribution in [0.3, 0.4) is 0 Å². The number of morpholine rings is 1. The SMILES string of the molecule is CC(=O)C1=NN(c2ccc(C)cc2)[C@@H](c2ccccc2)N1c1ccc(N2CCOCC2)cc1. The van der Waals surface area contributed by atoms with Crippen LogP contribution in [0, 0.1) is 6.92 Å². The zero-order valence-corrected chi connectivity index (χ0v) is 19.0. The molecule has 2 aliphatic heterocycles. The Morgan fingerprint density at radius 3 is 2.09 bits per heavy atom. The Kier molecular flexibility index (Phi) is 5.84. The number of amidine groups is 1. The lowest BCUT2D eigenvalue weighted by molar-refractivity contribution is -0.111. The summed E-state index contributed by atoms with van der Waals surface area (Å²) < 4.78 is 5.48. The highest BCUT2D eigenvalue weighted by Crippen LogP contribution is 2.39. The molecular formula is C27H28N4O2. The van der Waals surface area contributed by atoms with E-state index >= 15 is 0 Å². The Labute approximate surface area is 194 Å². The molecule has 2 heterocycles. The van der Waals surface area contributed by atoms with Crippen LogP contribution in [0.1, 0.15) is 24.2 Å². The summed E-state index contributed by atoms with van der Waals surface area (Å²) in [7, 11) is 0. The third kappa shape index (κ3) is 4.22. The van der Waals surface area contributed by atoms with Gasteiger partial charge in [-0.15, -0.1) is 5.10 Å². The molecule has 1 atom stereocenters. The van der Waals surface area contributed by atoms with E-state index in [-0.39, 0.29) is 11.9 Å². The molecular weight excluding hydrogens is 412 g/mol. The number of carbonyl (C=O) groups is 1. The van der Waals surface area contributed by atoms with Gasteiger partial charge in [-0.2, -0.15) is 0 Å². The molecule has 0 bridgehead atoms. The van der Waals surface area contributed by atoms with Crippen LogP contribution in [0.4, 0.5) is 17.1 Å². The van der Waals surface area contributed by atoms with Gasteiger partial charge in [0, 0.05) is 31.4 Å². The molecule has 6 heteroatoms. The molecule has 1 fully saturated rings. The maximum Gasteiger partial charge on any atom is 0.198 e. The highest BCUT2D eigenvalue weighted by Gasteiger charge is 2.39. The van der Waals surface area contributed by atoms with E-state index in [2.05, 4.69) is 72.5 Å². The van der Waals surface area contributed by atoms with Gasteiger partial charge in [-0.3, -0.25) is 9.69 Å². The molecule has 0 unspecified atom stereocenters. The highest BCUT2D eigenvalue weighted by molar-refractivity contribution is 6.44. The largest absolute Gasteiger partial charge is 0.378 e. The second-order valence-electron chi connectivity index (χ2n) is 8.43. The van der Waals surface area contributed by atoms with Gasteiger partial charge in [0.05, 0.1) is 18.9 Å². The molecule has 168 valence electrons. The van der Waals surface area contributed by atoms with Crippen molar-refractivity contribution in [1.29, 1.82) is 0 Å². The Bertz CT molecular complexity index is 1140. The second kappa shape index (κ2) is 9.08. The summed E-state index contributed by atoms with van der Waals surface area (Å²) in [6.07, 6.45) is -0.262. The number of rotatable bonds is 5. The van der Waals surface area contributed by atoms with Gasteiger partial charge >= 0.3 is 0 Å². The minimum atomic E-state index is -0.262. The summed E-state index contributed by atoms with van der Waals surface area (Å²) in [5.41, 5.74) is 5.29. The topological polar surface area (TPSA) is 48.4 Å². The normalized spacial score (nSPS) is 18.4. The molecule has 3 aromatic rings. The fourth-order valence-electron chi connectivity index (χ4n) is 4.39. The molecule has 6 nitrogen and oxygen atoms in total. The quantitative estimate of drug-likeness (QED) is 0.573. The van der Waals surface area contributed by atoms with E-state index in [1.165, 1.54) is 5.56 Å². The number of aryl methyl sites for hydroxylation is 1. The number of ether oxygens (including phenoxy) is 1. The summed E-state index contributed by atoms with van der Waals surface area (Å²) in [5.74, 6) is 0.367. The molecule has 0 aliphatic carbocycles. The zero-order chi connectivity index (χ0) is 22.8. The number of hydrazone groups is 1. The van der Waals surface area contributed by atoms with Gasteiger partial charge in [-0.25, -0.2) is 5.01 Å². The predicted octanol–water partition coefficient (Wildman–Crippen LogP) is 4.76. The minimum Gasteiger partial charge on any atom is -0.378 e. The van der Waals surface area contributed by atoms with Crippen LogP contribution in [-0.2, 0) is 9.53 Å². The summed E-state index contributed by atoms with van der Waals surface area (Å²) in [5, 5.41) is 6.76. The van der Waals surface area contributed by atoms with Crippen LogP contribution in [0.25, 0.3) is 0 Å². The first-order valence-corrected chi connectivity index (χ1v) is 11.3. The van der Waals surface area contributed by atoms with E-state index in [0.717, 1.165) is 48.9 Å². The number of benzene rings is 3. The number of hydrogen-bond donors (Lipinski definition) is 0. The lowest BCUT2D eigenvalue weighted by Gasteiger charge is -2.33. The molecule has 33 heavy (non-hydrogen) atoms. The molecule has 0 saturated carbocycles. The minimum absolute atomic E-state index is 0.0669. The summed E-state index contributed by atoms with van der Waals surface area (Å²) in [6, 6.07) is 26.9. The first-order valence-electron chi connectivity index (χ1n) is 11.3. The number of Topliss-reactive ketones (excluding diaryl/α,β-unsaturated/α-hetero) is 1. The first kappa shape index (κ1) is 21.2. The lowest BCUT2D eigenvalue weighted by atomic mass is 10.1. The Hall–Kier alpha value is -3.64. The number of nitrogens with zero attached hydrogens (tertiary/aromatic N) is 4. The maximum atomic E-state index is 12.7. The number of hydrogen-bond acceptors (Lipinski definition) is 6. The smallest absolute Gasteiger partial charge is 0.198 e. The Morgan fingerprint density at radius 1 is 0.848 bits per heavy atom. The first-order chi connectivity index (χ1) is 16.1. The van der Waals surface area contributed by atoms with Crippen molar-refractivity contribution >= 4 is 28.7 Å². The van der Waals surface area contributed by atoms with Crippen LogP contribution in [-0.4, -0.2) is 37.9 Å². The van der Waals surface area contributed by atoms with Crippen molar-refractivity contribution in [2.24, 2.45) is 5.10 Å². The second-order valence-corrected chi connectivity index (χ2v) is 8.43. The van der Waals surface area contributed by atoms with Crippen LogP contribution in [0.5, 0.6) is 0 Å². The Balaban J connectivity index is 1.56. The van der Waals surface area contributed by atoms with Gasteiger partial charge in [-0.05, 0) is 48.9 Å². The van der Waals surface area contributed by atoms with E-state index in [1.807, 2.05) is 28.1 Å². The fourth-order valence-corrected chi connectivity index (χ4v) is 4.39. The molecule has 0 amide bonds. The maximum absolute atomic E-state index is 12.7. The molecule has 0 aromatic heterocycles. The van der Waals surface area contributed by atoms with Crippen LogP contribution in [0.15, 0.2) is 84.0 Å². The summed E-state index contributed by atoms with van der Waals surface area (Å²) in [6.45, 7) is 6.91. The van der Waals surface area contributed by atoms with Crippen molar-refractivity contribution in [2.45, 2.75) is 20.0 Å². The molecule has 1 saturated heterocycles. The van der Waals surface area contributed by atoms with E-state index in [4.69, 9.17) is 9.84 Å². The summed E-state index contributed by atoms with van der Waals surface area (Å²) in [4.78, 5) is 17.1. The van der Waals surface area contributed by atoms with E-state index in [0.29, 0.717) is 5.84 Å². The number of anilines is 3. The monoisotopic (exact) mass is 440 g/mol. The van der Waals surface area contributed by atoms with Crippen LogP contribution >= 0.6 is 0 Å². The van der Waals surface area contributed by atoms with E-state index in [9.17, 15) is 4.79 Å². The standard InChI is InChI=1S/C27H28N4O2/c1-20-8-10-25(11-9-20)31-27(22-6-4-3-5-7-22)30(26(28-31)21(2)32)24-14-12-23(13-15-24)29-16-18-33-19-17-29/h3-15,27H,16-19H2,1-2H3/t27-/m0/s1. The van der Waals surface area contributed by atoms with Gasteiger partial charge in [0.25, 0.3) is 0 Å². The average molecular weight is 441 g/mol. The molecule has 0 N–H and O–H groups in total. The van der Waals surface area contributed by atoms with Gasteiger partial charge < -0.3 is 9.64 Å². The van der Waals surface area contributed by atoms with Crippen LogP contribution in [0.2, 0.25) is 0 Å². The Morgan fingerprint density at radius 2 is 1.45 bits per heavy atom. The van der Waals surface area contributed by atoms with Crippen molar-refractivity contribution in [3.8, 4) is 0 Å². The number of ketones is 1. The van der Waals surface area contributed by atoms with Gasteiger partial charge in [-0.1, -0.05) is 48.0 Å². The van der Waals surface area contributed by atoms with Crippen molar-refractivity contribution in [1.82, 2.24) is 0 Å². The fraction of sp³-hybridized carbons (Fsp3) is 0.259. The van der Waals surface area contributed by atoms with Crippen molar-refractivity contribution < 1.29 is 9.53 Å². The van der Waals surface area contributed by atoms with Gasteiger partial charge in [0.15, 0.2) is 17.8 Å².